The van der Waals surface area contributed by atoms with Crippen molar-refractivity contribution >= 4 is 28.1 Å². The first-order valence-corrected chi connectivity index (χ1v) is 8.22. The Morgan fingerprint density at radius 1 is 1.36 bits per heavy atom. The lowest BCUT2D eigenvalue weighted by Gasteiger charge is -2.12. The summed E-state index contributed by atoms with van der Waals surface area (Å²) >= 11 is 3.38. The molecule has 0 atom stereocenters. The summed E-state index contributed by atoms with van der Waals surface area (Å²) in [5.74, 6) is 0.618. The summed E-state index contributed by atoms with van der Waals surface area (Å²) in [6.07, 6.45) is 1.50. The molecule has 2 aromatic rings. The van der Waals surface area contributed by atoms with E-state index in [0.717, 1.165) is 5.56 Å². The predicted molar refractivity (Wildman–Crippen MR) is 98.1 cm³/mol. The Morgan fingerprint density at radius 2 is 2.08 bits per heavy atom. The number of nitrogens with one attached hydrogen (secondary N) is 1. The van der Waals surface area contributed by atoms with Crippen molar-refractivity contribution in [1.82, 2.24) is 5.43 Å². The molecule has 0 saturated carbocycles. The highest BCUT2D eigenvalue weighted by atomic mass is 79.9. The molecule has 7 heteroatoms. The number of methoxy groups -OCH3 is 1. The third-order valence-corrected chi connectivity index (χ3v) is 3.79. The third kappa shape index (κ3) is 4.81. The SMILES string of the molecule is CCOc1c(Br)cc(C(=O)N/N=C\c2ccc(C#N)cc2)cc1OC. The van der Waals surface area contributed by atoms with E-state index in [1.54, 1.807) is 36.4 Å². The molecule has 0 aliphatic rings. The molecule has 0 aliphatic carbocycles. The van der Waals surface area contributed by atoms with Crippen LogP contribution in [0.5, 0.6) is 11.5 Å². The maximum atomic E-state index is 12.2. The second kappa shape index (κ2) is 8.85. The monoisotopic (exact) mass is 401 g/mol. The van der Waals surface area contributed by atoms with Crippen molar-refractivity contribution in [3.8, 4) is 17.6 Å². The van der Waals surface area contributed by atoms with E-state index >= 15 is 0 Å². The van der Waals surface area contributed by atoms with E-state index in [9.17, 15) is 4.79 Å². The van der Waals surface area contributed by atoms with Crippen LogP contribution < -0.4 is 14.9 Å². The zero-order valence-corrected chi connectivity index (χ0v) is 15.3. The van der Waals surface area contributed by atoms with Gasteiger partial charge in [-0.1, -0.05) is 12.1 Å². The van der Waals surface area contributed by atoms with Gasteiger partial charge in [0.2, 0.25) is 0 Å². The van der Waals surface area contributed by atoms with E-state index in [1.165, 1.54) is 13.3 Å². The molecule has 0 unspecified atom stereocenters. The number of halogens is 1. The smallest absolute Gasteiger partial charge is 0.271 e. The Hall–Kier alpha value is -2.85. The van der Waals surface area contributed by atoms with Crippen LogP contribution in [-0.2, 0) is 0 Å². The minimum absolute atomic E-state index is 0.379. The number of carbonyl (C=O) groups is 1. The van der Waals surface area contributed by atoms with Gasteiger partial charge in [0, 0.05) is 5.56 Å². The van der Waals surface area contributed by atoms with Crippen molar-refractivity contribution in [3.05, 3.63) is 57.6 Å². The van der Waals surface area contributed by atoms with Gasteiger partial charge in [-0.15, -0.1) is 0 Å². The average molecular weight is 402 g/mol. The van der Waals surface area contributed by atoms with Gasteiger partial charge in [-0.25, -0.2) is 5.43 Å². The molecule has 1 amide bonds. The van der Waals surface area contributed by atoms with Gasteiger partial charge in [-0.2, -0.15) is 10.4 Å². The Kier molecular flexibility index (Phi) is 6.54. The van der Waals surface area contributed by atoms with E-state index in [1.807, 2.05) is 13.0 Å². The van der Waals surface area contributed by atoms with Gasteiger partial charge < -0.3 is 9.47 Å². The summed E-state index contributed by atoms with van der Waals surface area (Å²) in [5, 5.41) is 12.7. The van der Waals surface area contributed by atoms with E-state index in [2.05, 4.69) is 26.5 Å². The number of benzene rings is 2. The number of nitrogens with zero attached hydrogens (tertiary/aromatic N) is 2. The quantitative estimate of drug-likeness (QED) is 0.592. The van der Waals surface area contributed by atoms with Crippen molar-refractivity contribution in [1.29, 1.82) is 5.26 Å². The van der Waals surface area contributed by atoms with E-state index in [-0.39, 0.29) is 5.91 Å². The van der Waals surface area contributed by atoms with Crippen LogP contribution in [0.15, 0.2) is 46.0 Å². The lowest BCUT2D eigenvalue weighted by Crippen LogP contribution is -2.18. The highest BCUT2D eigenvalue weighted by molar-refractivity contribution is 9.10. The molecule has 128 valence electrons. The molecule has 6 nitrogen and oxygen atoms in total. The van der Waals surface area contributed by atoms with Gasteiger partial charge in [0.05, 0.1) is 36.0 Å². The molecule has 0 radical (unpaired) electrons. The topological polar surface area (TPSA) is 83.7 Å². The molecule has 2 aromatic carbocycles. The third-order valence-electron chi connectivity index (χ3n) is 3.20. The van der Waals surface area contributed by atoms with E-state index in [0.29, 0.717) is 33.7 Å². The summed E-state index contributed by atoms with van der Waals surface area (Å²) in [6, 6.07) is 12.1. The number of ether oxygens (including phenoxy) is 2. The molecule has 0 bridgehead atoms. The fraction of sp³-hybridized carbons (Fsp3) is 0.167. The maximum Gasteiger partial charge on any atom is 0.271 e. The van der Waals surface area contributed by atoms with Crippen LogP contribution in [0.2, 0.25) is 0 Å². The first-order chi connectivity index (χ1) is 12.1. The summed E-state index contributed by atoms with van der Waals surface area (Å²) in [6.45, 7) is 2.35. The number of hydrogen-bond acceptors (Lipinski definition) is 5. The fourth-order valence-corrected chi connectivity index (χ4v) is 2.57. The molecule has 0 saturated heterocycles. The van der Waals surface area contributed by atoms with E-state index < -0.39 is 0 Å². The Labute approximate surface area is 154 Å². The number of carbonyl (C=O) groups excluding carboxylic acids is 1. The Balaban J connectivity index is 2.11. The minimum atomic E-state index is -0.382. The highest BCUT2D eigenvalue weighted by Crippen LogP contribution is 2.36. The number of rotatable bonds is 6. The van der Waals surface area contributed by atoms with Crippen LogP contribution in [0.25, 0.3) is 0 Å². The molecule has 1 N–H and O–H groups in total. The fourth-order valence-electron chi connectivity index (χ4n) is 2.01. The van der Waals surface area contributed by atoms with Gasteiger partial charge in [-0.05, 0) is 52.7 Å². The summed E-state index contributed by atoms with van der Waals surface area (Å²) in [5.41, 5.74) is 4.16. The van der Waals surface area contributed by atoms with Gasteiger partial charge in [0.15, 0.2) is 11.5 Å². The minimum Gasteiger partial charge on any atom is -0.493 e. The molecule has 0 spiro atoms. The zero-order valence-electron chi connectivity index (χ0n) is 13.7. The van der Waals surface area contributed by atoms with Crippen LogP contribution in [0.4, 0.5) is 0 Å². The van der Waals surface area contributed by atoms with Crippen LogP contribution >= 0.6 is 15.9 Å². The summed E-state index contributed by atoms with van der Waals surface area (Å²) in [7, 11) is 1.51. The number of hydrazone groups is 1. The van der Waals surface area contributed by atoms with Crippen LogP contribution in [0, 0.1) is 11.3 Å². The number of nitriles is 1. The second-order valence-corrected chi connectivity index (χ2v) is 5.71. The molecule has 0 aromatic heterocycles. The summed E-state index contributed by atoms with van der Waals surface area (Å²) in [4.78, 5) is 12.2. The number of hydrogen-bond donors (Lipinski definition) is 1. The van der Waals surface area contributed by atoms with Crippen LogP contribution in [0.1, 0.15) is 28.4 Å². The molecule has 0 fully saturated rings. The molecule has 0 aliphatic heterocycles. The van der Waals surface area contributed by atoms with Crippen LogP contribution in [-0.4, -0.2) is 25.8 Å². The Morgan fingerprint density at radius 3 is 2.68 bits per heavy atom. The molecular weight excluding hydrogens is 386 g/mol. The first-order valence-electron chi connectivity index (χ1n) is 7.43. The van der Waals surface area contributed by atoms with Gasteiger partial charge in [0.25, 0.3) is 5.91 Å². The summed E-state index contributed by atoms with van der Waals surface area (Å²) < 4.78 is 11.4. The van der Waals surface area contributed by atoms with Crippen molar-refractivity contribution in [3.63, 3.8) is 0 Å². The first kappa shape index (κ1) is 18.5. The van der Waals surface area contributed by atoms with Crippen molar-refractivity contribution in [2.24, 2.45) is 5.10 Å². The van der Waals surface area contributed by atoms with Crippen molar-refractivity contribution in [2.45, 2.75) is 6.92 Å². The molecule has 0 heterocycles. The molecule has 2 rings (SSSR count). The largest absolute Gasteiger partial charge is 0.493 e. The second-order valence-electron chi connectivity index (χ2n) is 4.86. The van der Waals surface area contributed by atoms with E-state index in [4.69, 9.17) is 14.7 Å². The zero-order chi connectivity index (χ0) is 18.2. The number of amides is 1. The van der Waals surface area contributed by atoms with Crippen molar-refractivity contribution in [2.75, 3.05) is 13.7 Å². The Bertz CT molecular complexity index is 827. The highest BCUT2D eigenvalue weighted by Gasteiger charge is 2.15. The lowest BCUT2D eigenvalue weighted by atomic mass is 10.2. The van der Waals surface area contributed by atoms with Gasteiger partial charge >= 0.3 is 0 Å². The van der Waals surface area contributed by atoms with Crippen LogP contribution in [0.3, 0.4) is 0 Å². The molecule has 25 heavy (non-hydrogen) atoms. The standard InChI is InChI=1S/C18H16BrN3O3/c1-3-25-17-15(19)8-14(9-16(17)24-2)18(23)22-21-11-13-6-4-12(10-20)5-7-13/h4-9,11H,3H2,1-2H3,(H,22,23)/b21-11-. The normalized spacial score (nSPS) is 10.3. The predicted octanol–water partition coefficient (Wildman–Crippen LogP) is 3.49. The van der Waals surface area contributed by atoms with Gasteiger partial charge in [0.1, 0.15) is 0 Å². The average Bonchev–Trinajstić information content (AvgIpc) is 2.63. The maximum absolute atomic E-state index is 12.2. The lowest BCUT2D eigenvalue weighted by molar-refractivity contribution is 0.0954. The van der Waals surface area contributed by atoms with Gasteiger partial charge in [-0.3, -0.25) is 4.79 Å². The van der Waals surface area contributed by atoms with Crippen molar-refractivity contribution < 1.29 is 14.3 Å². The molecular formula is C18H16BrN3O3.